The number of halogens is 3. The van der Waals surface area contributed by atoms with Gasteiger partial charge in [-0.1, -0.05) is 0 Å². The van der Waals surface area contributed by atoms with Crippen molar-refractivity contribution in [2.24, 2.45) is 7.05 Å². The summed E-state index contributed by atoms with van der Waals surface area (Å²) in [6.45, 7) is 4.38. The van der Waals surface area contributed by atoms with E-state index < -0.39 is 11.9 Å². The van der Waals surface area contributed by atoms with Crippen LogP contribution in [0.4, 0.5) is 13.2 Å². The average Bonchev–Trinajstić information content (AvgIpc) is 3.52. The number of fused-ring (bicyclic) bond motifs is 1. The Labute approximate surface area is 229 Å². The van der Waals surface area contributed by atoms with Crippen LogP contribution in [0.25, 0.3) is 11.1 Å². The van der Waals surface area contributed by atoms with Gasteiger partial charge in [0.2, 0.25) is 5.62 Å². The molecular weight excluding hydrogens is 523 g/mol. The van der Waals surface area contributed by atoms with Crippen molar-refractivity contribution in [2.75, 3.05) is 13.7 Å². The van der Waals surface area contributed by atoms with E-state index in [1.165, 1.54) is 10.9 Å². The molecule has 5 rings (SSSR count). The molecule has 1 amide bonds. The Morgan fingerprint density at radius 2 is 1.90 bits per heavy atom. The fourth-order valence-corrected chi connectivity index (χ4v) is 5.16. The van der Waals surface area contributed by atoms with Gasteiger partial charge in [-0.25, -0.2) is 0 Å². The summed E-state index contributed by atoms with van der Waals surface area (Å²) < 4.78 is 52.2. The molecule has 1 N–H and O–H groups in total. The lowest BCUT2D eigenvalue weighted by molar-refractivity contribution is -0.141. The second kappa shape index (κ2) is 10.3. The summed E-state index contributed by atoms with van der Waals surface area (Å²) in [5.74, 6) is 0.326. The predicted molar refractivity (Wildman–Crippen MR) is 141 cm³/mol. The lowest BCUT2D eigenvalue weighted by atomic mass is 9.87. The van der Waals surface area contributed by atoms with Gasteiger partial charge in [0.05, 0.1) is 25.4 Å². The van der Waals surface area contributed by atoms with Crippen LogP contribution in [0.2, 0.25) is 0 Å². The summed E-state index contributed by atoms with van der Waals surface area (Å²) in [6, 6.07) is 6.53. The number of benzene rings is 1. The van der Waals surface area contributed by atoms with Crippen LogP contribution in [-0.4, -0.2) is 48.4 Å². The molecule has 1 aromatic carbocycles. The number of hydrogen-bond acceptors (Lipinski definition) is 5. The first-order valence-corrected chi connectivity index (χ1v) is 12.9. The molecule has 12 heteroatoms. The smallest absolute Gasteiger partial charge is 0.435 e. The molecule has 210 valence electrons. The van der Waals surface area contributed by atoms with Crippen LogP contribution in [-0.2, 0) is 32.7 Å². The Kier molecular flexibility index (Phi) is 7.03. The number of rotatable bonds is 7. The molecule has 1 aliphatic rings. The summed E-state index contributed by atoms with van der Waals surface area (Å²) >= 11 is 0. The minimum absolute atomic E-state index is 0.0552. The van der Waals surface area contributed by atoms with Crippen molar-refractivity contribution in [3.8, 4) is 16.9 Å². The fraction of sp³-hybridized carbons (Fsp3) is 0.357. The second-order valence-electron chi connectivity index (χ2n) is 9.82. The predicted octanol–water partition coefficient (Wildman–Crippen LogP) is 4.42. The van der Waals surface area contributed by atoms with Gasteiger partial charge in [-0.3, -0.25) is 19.9 Å². The highest BCUT2D eigenvalue weighted by atomic mass is 19.4. The molecule has 9 nitrogen and oxygen atoms in total. The molecule has 1 atom stereocenters. The zero-order valence-corrected chi connectivity index (χ0v) is 22.7. The van der Waals surface area contributed by atoms with Gasteiger partial charge in [-0.05, 0) is 55.2 Å². The van der Waals surface area contributed by atoms with Crippen LogP contribution >= 0.6 is 0 Å². The SMILES string of the molecule is CCn1cc(-c2cc(Cn3ccn(C)c3=N)cc3c2CCN([C@@H](C)c2cc(OC)ccn2)C3=O)c(C(F)(F)F)n1. The molecule has 0 saturated heterocycles. The van der Waals surface area contributed by atoms with Crippen LogP contribution in [0.3, 0.4) is 0 Å². The van der Waals surface area contributed by atoms with Gasteiger partial charge >= 0.3 is 6.18 Å². The van der Waals surface area contributed by atoms with Crippen molar-refractivity contribution in [3.05, 3.63) is 82.7 Å². The molecule has 0 saturated carbocycles. The van der Waals surface area contributed by atoms with Gasteiger partial charge in [-0.2, -0.15) is 18.3 Å². The van der Waals surface area contributed by atoms with E-state index >= 15 is 0 Å². The molecule has 40 heavy (non-hydrogen) atoms. The first-order chi connectivity index (χ1) is 19.0. The number of methoxy groups -OCH3 is 1. The van der Waals surface area contributed by atoms with Crippen molar-refractivity contribution in [3.63, 3.8) is 0 Å². The summed E-state index contributed by atoms with van der Waals surface area (Å²) in [4.78, 5) is 20.1. The molecule has 0 unspecified atom stereocenters. The lowest BCUT2D eigenvalue weighted by Gasteiger charge is -2.34. The number of ether oxygens (including phenoxy) is 1. The third-order valence-electron chi connectivity index (χ3n) is 7.36. The zero-order valence-electron chi connectivity index (χ0n) is 22.7. The molecular formula is C28H30F3N7O2. The average molecular weight is 554 g/mol. The highest BCUT2D eigenvalue weighted by molar-refractivity contribution is 5.99. The maximum atomic E-state index is 14.1. The topological polar surface area (TPSA) is 94.0 Å². The third kappa shape index (κ3) is 4.89. The number of aryl methyl sites for hydroxylation is 2. The molecule has 0 spiro atoms. The fourth-order valence-electron chi connectivity index (χ4n) is 5.16. The van der Waals surface area contributed by atoms with E-state index in [4.69, 9.17) is 10.1 Å². The molecule has 0 bridgehead atoms. The maximum absolute atomic E-state index is 14.1. The zero-order chi connectivity index (χ0) is 28.8. The van der Waals surface area contributed by atoms with Crippen molar-refractivity contribution in [1.82, 2.24) is 28.8 Å². The van der Waals surface area contributed by atoms with E-state index in [2.05, 4.69) is 10.1 Å². The van der Waals surface area contributed by atoms with Crippen molar-refractivity contribution < 1.29 is 22.7 Å². The van der Waals surface area contributed by atoms with Gasteiger partial charge in [-0.15, -0.1) is 0 Å². The van der Waals surface area contributed by atoms with Crippen LogP contribution < -0.4 is 10.4 Å². The van der Waals surface area contributed by atoms with Crippen LogP contribution in [0, 0.1) is 5.41 Å². The Morgan fingerprint density at radius 1 is 1.15 bits per heavy atom. The van der Waals surface area contributed by atoms with Crippen molar-refractivity contribution >= 4 is 5.91 Å². The van der Waals surface area contributed by atoms with Crippen molar-refractivity contribution in [2.45, 2.75) is 45.6 Å². The molecule has 0 aliphatic carbocycles. The number of nitrogens with one attached hydrogen (secondary N) is 1. The molecule has 3 aromatic heterocycles. The molecule has 1 aliphatic heterocycles. The minimum Gasteiger partial charge on any atom is -0.497 e. The number of hydrogen-bond donors (Lipinski definition) is 1. The Morgan fingerprint density at radius 3 is 2.55 bits per heavy atom. The molecule has 0 radical (unpaired) electrons. The number of carbonyl (C=O) groups is 1. The first-order valence-electron chi connectivity index (χ1n) is 12.9. The number of aromatic nitrogens is 5. The quantitative estimate of drug-likeness (QED) is 0.367. The minimum atomic E-state index is -4.67. The highest BCUT2D eigenvalue weighted by Crippen LogP contribution is 2.41. The van der Waals surface area contributed by atoms with E-state index in [1.807, 2.05) is 6.92 Å². The van der Waals surface area contributed by atoms with Gasteiger partial charge in [0.1, 0.15) is 5.75 Å². The van der Waals surface area contributed by atoms with Crippen LogP contribution in [0.15, 0.2) is 49.1 Å². The highest BCUT2D eigenvalue weighted by Gasteiger charge is 2.39. The van der Waals surface area contributed by atoms with Gasteiger partial charge < -0.3 is 18.8 Å². The first kappa shape index (κ1) is 27.2. The number of alkyl halides is 3. The van der Waals surface area contributed by atoms with E-state index in [0.717, 1.165) is 0 Å². The molecule has 0 fully saturated rings. The number of amides is 1. The number of pyridine rings is 1. The maximum Gasteiger partial charge on any atom is 0.435 e. The summed E-state index contributed by atoms with van der Waals surface area (Å²) in [7, 11) is 3.29. The van der Waals surface area contributed by atoms with E-state index in [0.29, 0.717) is 46.7 Å². The third-order valence-corrected chi connectivity index (χ3v) is 7.36. The number of imidazole rings is 1. The van der Waals surface area contributed by atoms with Gasteiger partial charge in [0.25, 0.3) is 5.91 Å². The molecule has 4 heterocycles. The monoisotopic (exact) mass is 553 g/mol. The Balaban J connectivity index is 1.65. The van der Waals surface area contributed by atoms with E-state index in [9.17, 15) is 18.0 Å². The Bertz CT molecular complexity index is 1630. The van der Waals surface area contributed by atoms with Crippen LogP contribution in [0.1, 0.15) is 52.8 Å². The normalized spacial score (nSPS) is 14.4. The van der Waals surface area contributed by atoms with E-state index in [1.54, 1.807) is 78.0 Å². The number of carbonyl (C=O) groups excluding carboxylic acids is 1. The van der Waals surface area contributed by atoms with Crippen LogP contribution in [0.5, 0.6) is 5.75 Å². The summed E-state index contributed by atoms with van der Waals surface area (Å²) in [6.07, 6.45) is 2.16. The second-order valence-corrected chi connectivity index (χ2v) is 9.82. The van der Waals surface area contributed by atoms with Gasteiger partial charge in [0.15, 0.2) is 5.69 Å². The standard InChI is InChI=1S/C28H30F3N7O2/c1-5-37-16-23(25(34-37)28(29,30)31)21-12-18(15-36-11-10-35(3)27(36)32)13-22-20(21)7-9-38(26(22)39)17(2)24-14-19(40-4)6-8-33-24/h6,8,10-14,16-17,32H,5,7,9,15H2,1-4H3/t17-/m0/s1. The number of nitrogens with zero attached hydrogens (tertiary/aromatic N) is 6. The van der Waals surface area contributed by atoms with Gasteiger partial charge in [0, 0.05) is 62.1 Å². The van der Waals surface area contributed by atoms with Crippen molar-refractivity contribution in [1.29, 1.82) is 5.41 Å². The largest absolute Gasteiger partial charge is 0.497 e. The molecule has 4 aromatic rings. The summed E-state index contributed by atoms with van der Waals surface area (Å²) in [5.41, 5.74) is 1.68. The summed E-state index contributed by atoms with van der Waals surface area (Å²) in [5, 5.41) is 12.1. The lowest BCUT2D eigenvalue weighted by Crippen LogP contribution is -2.40. The Hall–Kier alpha value is -4.35. The van der Waals surface area contributed by atoms with E-state index in [-0.39, 0.29) is 36.2 Å².